The van der Waals surface area contributed by atoms with E-state index in [1.807, 2.05) is 24.3 Å². The van der Waals surface area contributed by atoms with Crippen LogP contribution in [0, 0.1) is 5.82 Å². The number of unbranched alkanes of at least 4 members (excludes halogenated alkanes) is 1. The number of sulfonamides is 1. The Hall–Kier alpha value is -4.86. The second-order valence-electron chi connectivity index (χ2n) is 15.2. The minimum atomic E-state index is -4.23. The van der Waals surface area contributed by atoms with Crippen molar-refractivity contribution in [3.05, 3.63) is 148 Å². The average molecular weight is 765 g/mol. The van der Waals surface area contributed by atoms with Crippen LogP contribution in [0.4, 0.5) is 10.1 Å². The van der Waals surface area contributed by atoms with Crippen molar-refractivity contribution in [2.24, 2.45) is 0 Å². The fourth-order valence-corrected chi connectivity index (χ4v) is 8.51. The van der Waals surface area contributed by atoms with Gasteiger partial charge < -0.3 is 14.2 Å². The number of nitrogens with zero attached hydrogens (tertiary/aromatic N) is 2. The summed E-state index contributed by atoms with van der Waals surface area (Å²) in [6.45, 7) is 9.42. The zero-order valence-corrected chi connectivity index (χ0v) is 33.5. The van der Waals surface area contributed by atoms with Crippen molar-refractivity contribution in [3.8, 4) is 17.2 Å². The fraction of sp³-hybridized carbons (Fsp3) is 0.348. The third-order valence-corrected chi connectivity index (χ3v) is 12.1. The topological polar surface area (TPSA) is 68.3 Å². The Morgan fingerprint density at radius 2 is 1.51 bits per heavy atom. The molecule has 1 aliphatic heterocycles. The average Bonchev–Trinajstić information content (AvgIpc) is 3.19. The zero-order valence-electron chi connectivity index (χ0n) is 32.7. The number of rotatable bonds is 16. The summed E-state index contributed by atoms with van der Waals surface area (Å²) in [6, 6.07) is 34.0. The Bertz CT molecular complexity index is 2150. The van der Waals surface area contributed by atoms with Crippen LogP contribution in [0.2, 0.25) is 0 Å². The first-order chi connectivity index (χ1) is 26.4. The molecule has 1 aliphatic rings. The Morgan fingerprint density at radius 3 is 2.22 bits per heavy atom. The Morgan fingerprint density at radius 1 is 0.764 bits per heavy atom. The van der Waals surface area contributed by atoms with E-state index >= 15 is 4.39 Å². The molecule has 290 valence electrons. The number of anilines is 1. The molecule has 0 saturated carbocycles. The normalized spacial score (nSPS) is 13.3. The van der Waals surface area contributed by atoms with Crippen LogP contribution < -0.4 is 18.5 Å². The van der Waals surface area contributed by atoms with Crippen LogP contribution in [0.15, 0.2) is 114 Å². The summed E-state index contributed by atoms with van der Waals surface area (Å²) >= 11 is 0. The quantitative estimate of drug-likeness (QED) is 0.0933. The third-order valence-electron chi connectivity index (χ3n) is 10.4. The van der Waals surface area contributed by atoms with Gasteiger partial charge in [0.1, 0.15) is 17.2 Å². The van der Waals surface area contributed by atoms with Crippen molar-refractivity contribution < 1.29 is 27.0 Å². The summed E-state index contributed by atoms with van der Waals surface area (Å²) < 4.78 is 63.3. The van der Waals surface area contributed by atoms with Crippen molar-refractivity contribution in [1.29, 1.82) is 0 Å². The van der Waals surface area contributed by atoms with E-state index in [-0.39, 0.29) is 22.5 Å². The van der Waals surface area contributed by atoms with E-state index in [9.17, 15) is 8.42 Å². The summed E-state index contributed by atoms with van der Waals surface area (Å²) in [5, 5.41) is 0. The van der Waals surface area contributed by atoms with Crippen LogP contribution in [-0.2, 0) is 47.8 Å². The molecule has 0 amide bonds. The molecule has 7 nitrogen and oxygen atoms in total. The Balaban J connectivity index is 1.19. The van der Waals surface area contributed by atoms with Gasteiger partial charge in [-0.05, 0) is 102 Å². The molecule has 6 rings (SSSR count). The van der Waals surface area contributed by atoms with Gasteiger partial charge in [0.05, 0.1) is 38.0 Å². The van der Waals surface area contributed by atoms with E-state index in [1.165, 1.54) is 35.9 Å². The summed E-state index contributed by atoms with van der Waals surface area (Å²) in [5.41, 5.74) is 6.60. The molecule has 0 saturated heterocycles. The largest absolute Gasteiger partial charge is 0.497 e. The SMILES string of the molecule is COc1ccc(CN(c2ccc(OCCCCc3ccccc3)cc2F)S(=O)(=O)c2ccc3c(c2)CCN(CCc2ccc(C(C)(C)C)cc2)C3)c(OC)c1. The number of aryl methyl sites for hydroxylation is 1. The van der Waals surface area contributed by atoms with Gasteiger partial charge in [0, 0.05) is 37.3 Å². The van der Waals surface area contributed by atoms with E-state index in [1.54, 1.807) is 43.5 Å². The second kappa shape index (κ2) is 17.7. The van der Waals surface area contributed by atoms with Gasteiger partial charge in [0.25, 0.3) is 10.0 Å². The van der Waals surface area contributed by atoms with Crippen molar-refractivity contribution >= 4 is 15.7 Å². The van der Waals surface area contributed by atoms with Gasteiger partial charge in [-0.1, -0.05) is 81.4 Å². The maximum Gasteiger partial charge on any atom is 0.264 e. The first-order valence-corrected chi connectivity index (χ1v) is 20.5. The molecule has 55 heavy (non-hydrogen) atoms. The lowest BCUT2D eigenvalue weighted by Crippen LogP contribution is -2.33. The van der Waals surface area contributed by atoms with E-state index in [0.717, 1.165) is 67.2 Å². The predicted molar refractivity (Wildman–Crippen MR) is 218 cm³/mol. The molecule has 0 N–H and O–H groups in total. The van der Waals surface area contributed by atoms with Crippen LogP contribution in [0.5, 0.6) is 17.2 Å². The molecule has 0 unspecified atom stereocenters. The minimum Gasteiger partial charge on any atom is -0.497 e. The lowest BCUT2D eigenvalue weighted by Gasteiger charge is -2.30. The summed E-state index contributed by atoms with van der Waals surface area (Å²) in [7, 11) is -1.17. The number of halogens is 1. The highest BCUT2D eigenvalue weighted by atomic mass is 32.2. The zero-order chi connectivity index (χ0) is 39.0. The molecule has 0 atom stereocenters. The van der Waals surface area contributed by atoms with Crippen LogP contribution in [-0.4, -0.2) is 47.2 Å². The van der Waals surface area contributed by atoms with Crippen LogP contribution >= 0.6 is 0 Å². The molecule has 0 bridgehead atoms. The summed E-state index contributed by atoms with van der Waals surface area (Å²) in [6.07, 6.45) is 4.34. The molecular formula is C46H53FN2O5S. The molecule has 9 heteroatoms. The highest BCUT2D eigenvalue weighted by Gasteiger charge is 2.30. The predicted octanol–water partition coefficient (Wildman–Crippen LogP) is 9.54. The number of hydrogen-bond acceptors (Lipinski definition) is 6. The van der Waals surface area contributed by atoms with Crippen LogP contribution in [0.1, 0.15) is 67.0 Å². The highest BCUT2D eigenvalue weighted by Crippen LogP contribution is 2.35. The second-order valence-corrected chi connectivity index (χ2v) is 17.1. The van der Waals surface area contributed by atoms with E-state index < -0.39 is 15.8 Å². The van der Waals surface area contributed by atoms with Gasteiger partial charge in [0.2, 0.25) is 0 Å². The number of methoxy groups -OCH3 is 2. The van der Waals surface area contributed by atoms with E-state index in [0.29, 0.717) is 29.4 Å². The van der Waals surface area contributed by atoms with E-state index in [4.69, 9.17) is 14.2 Å². The lowest BCUT2D eigenvalue weighted by atomic mass is 9.86. The van der Waals surface area contributed by atoms with E-state index in [2.05, 4.69) is 62.1 Å². The van der Waals surface area contributed by atoms with Gasteiger partial charge in [-0.3, -0.25) is 9.21 Å². The molecule has 0 aromatic heterocycles. The Kier molecular flexibility index (Phi) is 12.8. The van der Waals surface area contributed by atoms with Crippen molar-refractivity contribution in [1.82, 2.24) is 4.90 Å². The maximum atomic E-state index is 16.1. The van der Waals surface area contributed by atoms with Gasteiger partial charge >= 0.3 is 0 Å². The molecule has 5 aromatic rings. The molecular weight excluding hydrogens is 712 g/mol. The third kappa shape index (κ3) is 10.1. The monoisotopic (exact) mass is 764 g/mol. The standard InChI is InChI=1S/C46H53FN2O5S/c1-46(2,3)39-18-14-35(15-19-39)24-26-48-27-25-36-29-42(22-17-37(36)32-48)55(50,51)49(33-38-16-20-40(52-4)31-45(38)53-5)44-23-21-41(30-43(44)47)54-28-10-9-13-34-11-7-6-8-12-34/h6-8,11-12,14-23,29-31H,9-10,13,24-28,32-33H2,1-5H3. The molecule has 1 heterocycles. The molecule has 0 radical (unpaired) electrons. The first-order valence-electron chi connectivity index (χ1n) is 19.1. The maximum absolute atomic E-state index is 16.1. The summed E-state index contributed by atoms with van der Waals surface area (Å²) in [5.74, 6) is 0.653. The first kappa shape index (κ1) is 39.8. The highest BCUT2D eigenvalue weighted by molar-refractivity contribution is 7.92. The smallest absolute Gasteiger partial charge is 0.264 e. The number of ether oxygens (including phenoxy) is 3. The van der Waals surface area contributed by atoms with Crippen LogP contribution in [0.3, 0.4) is 0 Å². The number of fused-ring (bicyclic) bond motifs is 1. The van der Waals surface area contributed by atoms with Gasteiger partial charge in [-0.15, -0.1) is 0 Å². The minimum absolute atomic E-state index is 0.0753. The molecule has 0 spiro atoms. The van der Waals surface area contributed by atoms with Crippen molar-refractivity contribution in [2.75, 3.05) is 38.2 Å². The summed E-state index contributed by atoms with van der Waals surface area (Å²) in [4.78, 5) is 2.53. The van der Waals surface area contributed by atoms with Crippen molar-refractivity contribution in [3.63, 3.8) is 0 Å². The Labute approximate surface area is 326 Å². The lowest BCUT2D eigenvalue weighted by molar-refractivity contribution is 0.257. The van der Waals surface area contributed by atoms with Gasteiger partial charge in [0.15, 0.2) is 5.82 Å². The van der Waals surface area contributed by atoms with Gasteiger partial charge in [-0.2, -0.15) is 0 Å². The molecule has 5 aromatic carbocycles. The van der Waals surface area contributed by atoms with Crippen LogP contribution in [0.25, 0.3) is 0 Å². The van der Waals surface area contributed by atoms with Crippen molar-refractivity contribution in [2.45, 2.75) is 76.3 Å². The fourth-order valence-electron chi connectivity index (χ4n) is 7.01. The molecule has 0 aliphatic carbocycles. The number of hydrogen-bond donors (Lipinski definition) is 0. The number of benzene rings is 5. The van der Waals surface area contributed by atoms with Gasteiger partial charge in [-0.25, -0.2) is 12.8 Å². The molecule has 0 fully saturated rings.